The molecule has 0 aliphatic carbocycles. The molecule has 0 N–H and O–H groups in total. The predicted molar refractivity (Wildman–Crippen MR) is 90.5 cm³/mol. The molecule has 0 aromatic rings. The fraction of sp³-hybridized carbons (Fsp3) is 0.789. The minimum absolute atomic E-state index is 0.127. The van der Waals surface area contributed by atoms with Crippen molar-refractivity contribution in [2.75, 3.05) is 6.61 Å². The highest BCUT2D eigenvalue weighted by Gasteiger charge is 2.03. The highest BCUT2D eigenvalue weighted by atomic mass is 16.5. The average molecular weight is 308 g/mol. The number of ketones is 1. The van der Waals surface area contributed by atoms with Crippen molar-refractivity contribution in [2.24, 2.45) is 0 Å². The molecule has 3 nitrogen and oxygen atoms in total. The van der Waals surface area contributed by atoms with Gasteiger partial charge in [-0.15, -0.1) is 11.8 Å². The van der Waals surface area contributed by atoms with Gasteiger partial charge in [-0.3, -0.25) is 4.79 Å². The lowest BCUT2D eigenvalue weighted by Gasteiger charge is -2.04. The van der Waals surface area contributed by atoms with Gasteiger partial charge in [-0.05, 0) is 32.6 Å². The van der Waals surface area contributed by atoms with Crippen LogP contribution in [-0.2, 0) is 14.3 Å². The molecule has 0 saturated heterocycles. The average Bonchev–Trinajstić information content (AvgIpc) is 2.49. The Morgan fingerprint density at radius 3 is 2.14 bits per heavy atom. The van der Waals surface area contributed by atoms with E-state index in [0.29, 0.717) is 19.4 Å². The van der Waals surface area contributed by atoms with E-state index >= 15 is 0 Å². The van der Waals surface area contributed by atoms with Gasteiger partial charge in [-0.25, -0.2) is 0 Å². The predicted octanol–water partition coefficient (Wildman–Crippen LogP) is 4.82. The lowest BCUT2D eigenvalue weighted by molar-refractivity contribution is -0.144. The Labute approximate surface area is 136 Å². The van der Waals surface area contributed by atoms with Crippen LogP contribution in [-0.4, -0.2) is 18.4 Å². The number of ether oxygens (including phenoxy) is 1. The summed E-state index contributed by atoms with van der Waals surface area (Å²) in [5, 5.41) is 0. The Balaban J connectivity index is 3.21. The number of rotatable bonds is 13. The van der Waals surface area contributed by atoms with E-state index in [1.165, 1.54) is 25.7 Å². The quantitative estimate of drug-likeness (QED) is 0.278. The molecule has 0 radical (unpaired) electrons. The molecule has 3 heteroatoms. The van der Waals surface area contributed by atoms with Gasteiger partial charge in [0.1, 0.15) is 5.78 Å². The molecule has 0 aliphatic heterocycles. The molecule has 126 valence electrons. The number of Topliss-reactive ketones (excluding diaryl/α,β-unsaturated/α-hetero) is 1. The molecule has 22 heavy (non-hydrogen) atoms. The molecule has 0 saturated carbocycles. The second-order valence-corrected chi connectivity index (χ2v) is 5.71. The molecular formula is C19H32O3. The van der Waals surface area contributed by atoms with Gasteiger partial charge in [0.25, 0.3) is 0 Å². The van der Waals surface area contributed by atoms with Crippen molar-refractivity contribution < 1.29 is 14.3 Å². The van der Waals surface area contributed by atoms with Gasteiger partial charge in [0.2, 0.25) is 0 Å². The van der Waals surface area contributed by atoms with Crippen LogP contribution in [0.15, 0.2) is 0 Å². The van der Waals surface area contributed by atoms with E-state index in [0.717, 1.165) is 38.5 Å². The van der Waals surface area contributed by atoms with E-state index in [2.05, 4.69) is 18.8 Å². The van der Waals surface area contributed by atoms with Crippen LogP contribution < -0.4 is 0 Å². The first kappa shape index (κ1) is 20.7. The standard InChI is InChI=1S/C19H32O3/c1-3-4-5-6-7-8-9-10-11-14-17-22-19(21)16-13-12-15-18(2)20/h3,6-17H2,1-2H3. The summed E-state index contributed by atoms with van der Waals surface area (Å²) in [5.41, 5.74) is 0. The molecule has 0 aromatic carbocycles. The minimum atomic E-state index is -0.127. The van der Waals surface area contributed by atoms with Crippen molar-refractivity contribution in [2.45, 2.75) is 90.9 Å². The summed E-state index contributed by atoms with van der Waals surface area (Å²) in [6, 6.07) is 0. The first-order valence-electron chi connectivity index (χ1n) is 8.77. The normalized spacial score (nSPS) is 9.91. The highest BCUT2D eigenvalue weighted by molar-refractivity contribution is 5.75. The van der Waals surface area contributed by atoms with Crippen molar-refractivity contribution in [3.05, 3.63) is 0 Å². The summed E-state index contributed by atoms with van der Waals surface area (Å²) in [6.45, 7) is 4.19. The van der Waals surface area contributed by atoms with Crippen molar-refractivity contribution in [1.82, 2.24) is 0 Å². The van der Waals surface area contributed by atoms with E-state index in [4.69, 9.17) is 4.74 Å². The third-order valence-corrected chi connectivity index (χ3v) is 3.42. The fourth-order valence-corrected chi connectivity index (χ4v) is 2.14. The van der Waals surface area contributed by atoms with E-state index in [1.807, 2.05) is 0 Å². The Hall–Kier alpha value is -1.30. The number of carbonyl (C=O) groups excluding carboxylic acids is 2. The second kappa shape index (κ2) is 16.1. The Kier molecular flexibility index (Phi) is 15.1. The van der Waals surface area contributed by atoms with Gasteiger partial charge in [0.05, 0.1) is 6.61 Å². The van der Waals surface area contributed by atoms with Crippen molar-refractivity contribution >= 4 is 11.8 Å². The lowest BCUT2D eigenvalue weighted by Crippen LogP contribution is -2.05. The van der Waals surface area contributed by atoms with Crippen molar-refractivity contribution in [3.63, 3.8) is 0 Å². The van der Waals surface area contributed by atoms with Gasteiger partial charge >= 0.3 is 5.97 Å². The number of esters is 1. The monoisotopic (exact) mass is 308 g/mol. The summed E-state index contributed by atoms with van der Waals surface area (Å²) in [4.78, 5) is 22.2. The fourth-order valence-electron chi connectivity index (χ4n) is 2.14. The summed E-state index contributed by atoms with van der Waals surface area (Å²) in [7, 11) is 0. The van der Waals surface area contributed by atoms with Crippen LogP contribution in [0.4, 0.5) is 0 Å². The summed E-state index contributed by atoms with van der Waals surface area (Å²) in [5.74, 6) is 6.30. The largest absolute Gasteiger partial charge is 0.466 e. The molecular weight excluding hydrogens is 276 g/mol. The Morgan fingerprint density at radius 1 is 0.818 bits per heavy atom. The maximum absolute atomic E-state index is 11.4. The molecule has 0 bridgehead atoms. The molecule has 0 rings (SSSR count). The first-order valence-corrected chi connectivity index (χ1v) is 8.77. The smallest absolute Gasteiger partial charge is 0.305 e. The second-order valence-electron chi connectivity index (χ2n) is 5.71. The van der Waals surface area contributed by atoms with Crippen molar-refractivity contribution in [1.29, 1.82) is 0 Å². The number of hydrogen-bond acceptors (Lipinski definition) is 3. The van der Waals surface area contributed by atoms with E-state index < -0.39 is 0 Å². The number of carbonyl (C=O) groups is 2. The molecule has 0 aliphatic rings. The maximum atomic E-state index is 11.4. The van der Waals surface area contributed by atoms with Crippen LogP contribution in [0.2, 0.25) is 0 Å². The van der Waals surface area contributed by atoms with Crippen LogP contribution in [0, 0.1) is 11.8 Å². The van der Waals surface area contributed by atoms with Crippen LogP contribution in [0.3, 0.4) is 0 Å². The topological polar surface area (TPSA) is 43.4 Å². The molecule has 0 amide bonds. The van der Waals surface area contributed by atoms with E-state index in [9.17, 15) is 9.59 Å². The number of hydrogen-bond donors (Lipinski definition) is 0. The SMILES string of the molecule is CCC#CCCCCCCCCOC(=O)CCCCC(C)=O. The molecule has 0 fully saturated rings. The van der Waals surface area contributed by atoms with Crippen LogP contribution in [0.5, 0.6) is 0 Å². The van der Waals surface area contributed by atoms with Gasteiger partial charge in [0.15, 0.2) is 0 Å². The Morgan fingerprint density at radius 2 is 1.45 bits per heavy atom. The third-order valence-electron chi connectivity index (χ3n) is 3.42. The van der Waals surface area contributed by atoms with Crippen LogP contribution in [0.1, 0.15) is 90.9 Å². The molecule has 0 aromatic heterocycles. The summed E-state index contributed by atoms with van der Waals surface area (Å²) in [6.07, 6.45) is 11.5. The van der Waals surface area contributed by atoms with Crippen LogP contribution in [0.25, 0.3) is 0 Å². The zero-order valence-corrected chi connectivity index (χ0v) is 14.4. The Bertz CT molecular complexity index is 349. The number of unbranched alkanes of at least 4 members (excludes halogenated alkanes) is 7. The van der Waals surface area contributed by atoms with Crippen LogP contribution >= 0.6 is 0 Å². The first-order chi connectivity index (χ1) is 10.7. The zero-order chi connectivity index (χ0) is 16.5. The zero-order valence-electron chi connectivity index (χ0n) is 14.4. The third kappa shape index (κ3) is 16.8. The van der Waals surface area contributed by atoms with Gasteiger partial charge in [0, 0.05) is 25.7 Å². The molecule has 0 atom stereocenters. The molecule has 0 heterocycles. The van der Waals surface area contributed by atoms with Gasteiger partial charge in [-0.2, -0.15) is 0 Å². The van der Waals surface area contributed by atoms with Crippen molar-refractivity contribution in [3.8, 4) is 11.8 Å². The van der Waals surface area contributed by atoms with E-state index in [-0.39, 0.29) is 11.8 Å². The maximum Gasteiger partial charge on any atom is 0.305 e. The van der Waals surface area contributed by atoms with Gasteiger partial charge in [-0.1, -0.05) is 32.6 Å². The highest BCUT2D eigenvalue weighted by Crippen LogP contribution is 2.08. The summed E-state index contributed by atoms with van der Waals surface area (Å²) < 4.78 is 5.18. The molecule has 0 spiro atoms. The lowest BCUT2D eigenvalue weighted by atomic mass is 10.1. The summed E-state index contributed by atoms with van der Waals surface area (Å²) >= 11 is 0. The van der Waals surface area contributed by atoms with Gasteiger partial charge < -0.3 is 9.53 Å². The minimum Gasteiger partial charge on any atom is -0.466 e. The van der Waals surface area contributed by atoms with E-state index in [1.54, 1.807) is 6.92 Å². The molecule has 0 unspecified atom stereocenters.